The van der Waals surface area contributed by atoms with Crippen LogP contribution in [0.1, 0.15) is 46.1 Å². The van der Waals surface area contributed by atoms with Crippen molar-refractivity contribution in [3.63, 3.8) is 0 Å². The number of nitrogens with one attached hydrogen (secondary N) is 1. The van der Waals surface area contributed by atoms with Crippen molar-refractivity contribution < 1.29 is 4.79 Å². The number of rotatable bonds is 3. The second-order valence-electron chi connectivity index (χ2n) is 8.26. The van der Waals surface area contributed by atoms with Crippen LogP contribution >= 0.6 is 0 Å². The molecule has 6 heteroatoms. The molecule has 0 bridgehead atoms. The van der Waals surface area contributed by atoms with Gasteiger partial charge >= 0.3 is 0 Å². The van der Waals surface area contributed by atoms with Crippen LogP contribution < -0.4 is 0 Å². The highest BCUT2D eigenvalue weighted by Gasteiger charge is 2.30. The topological polar surface area (TPSA) is 57.2 Å². The lowest BCUT2D eigenvalue weighted by molar-refractivity contribution is 0.0733. The van der Waals surface area contributed by atoms with Gasteiger partial charge in [0.05, 0.1) is 5.69 Å². The van der Waals surface area contributed by atoms with E-state index in [0.717, 1.165) is 50.1 Å². The molecule has 2 aliphatic heterocycles. The Morgan fingerprint density at radius 1 is 1.10 bits per heavy atom. The van der Waals surface area contributed by atoms with Gasteiger partial charge in [0, 0.05) is 60.3 Å². The third-order valence-electron chi connectivity index (χ3n) is 6.35. The van der Waals surface area contributed by atoms with Gasteiger partial charge in [0.25, 0.3) is 5.91 Å². The lowest BCUT2D eigenvalue weighted by Gasteiger charge is -2.31. The molecule has 150 valence electrons. The van der Waals surface area contributed by atoms with E-state index in [1.165, 1.54) is 17.0 Å². The number of nitrogens with zero attached hydrogens (tertiary/aromatic N) is 4. The van der Waals surface area contributed by atoms with E-state index < -0.39 is 0 Å². The summed E-state index contributed by atoms with van der Waals surface area (Å²) in [5, 5.41) is 7.93. The average molecular weight is 390 g/mol. The summed E-state index contributed by atoms with van der Waals surface area (Å²) in [5.41, 5.74) is 5.40. The number of likely N-dealkylation sites (tertiary alicyclic amines) is 1. The van der Waals surface area contributed by atoms with Crippen molar-refractivity contribution in [2.75, 3.05) is 26.7 Å². The molecule has 1 amide bonds. The average Bonchev–Trinajstić information content (AvgIpc) is 3.44. The predicted molar refractivity (Wildman–Crippen MR) is 112 cm³/mol. The van der Waals surface area contributed by atoms with E-state index in [4.69, 9.17) is 0 Å². The Bertz CT molecular complexity index is 998. The zero-order chi connectivity index (χ0) is 19.8. The first-order valence-corrected chi connectivity index (χ1v) is 10.5. The molecule has 4 heterocycles. The fourth-order valence-corrected chi connectivity index (χ4v) is 4.60. The number of amides is 1. The van der Waals surface area contributed by atoms with E-state index in [1.54, 1.807) is 0 Å². The van der Waals surface area contributed by atoms with E-state index in [2.05, 4.69) is 22.1 Å². The molecule has 6 nitrogen and oxygen atoms in total. The molecule has 5 rings (SSSR count). The molecule has 0 saturated carbocycles. The maximum Gasteiger partial charge on any atom is 0.254 e. The second-order valence-corrected chi connectivity index (χ2v) is 8.26. The van der Waals surface area contributed by atoms with Crippen LogP contribution in [0.15, 0.2) is 48.8 Å². The van der Waals surface area contributed by atoms with Crippen molar-refractivity contribution in [3.05, 3.63) is 71.3 Å². The molecule has 1 N–H and O–H groups in total. The second kappa shape index (κ2) is 7.52. The van der Waals surface area contributed by atoms with Gasteiger partial charge in [-0.2, -0.15) is 5.10 Å². The summed E-state index contributed by atoms with van der Waals surface area (Å²) in [6.07, 6.45) is 7.12. The Morgan fingerprint density at radius 2 is 1.90 bits per heavy atom. The molecule has 2 aliphatic rings. The van der Waals surface area contributed by atoms with E-state index in [0.29, 0.717) is 12.5 Å². The minimum absolute atomic E-state index is 0.0974. The zero-order valence-corrected chi connectivity index (χ0v) is 16.8. The van der Waals surface area contributed by atoms with Crippen molar-refractivity contribution in [1.82, 2.24) is 24.6 Å². The van der Waals surface area contributed by atoms with Crippen LogP contribution in [0.4, 0.5) is 0 Å². The van der Waals surface area contributed by atoms with Crippen LogP contribution in [-0.2, 0) is 13.0 Å². The number of carbonyl (C=O) groups is 1. The predicted octanol–water partition coefficient (Wildman–Crippen LogP) is 3.21. The Morgan fingerprint density at radius 3 is 2.69 bits per heavy atom. The van der Waals surface area contributed by atoms with Gasteiger partial charge in [-0.3, -0.25) is 9.89 Å². The van der Waals surface area contributed by atoms with Crippen LogP contribution in [0, 0.1) is 0 Å². The maximum atomic E-state index is 13.3. The molecule has 29 heavy (non-hydrogen) atoms. The fourth-order valence-electron chi connectivity index (χ4n) is 4.60. The molecule has 0 unspecified atom stereocenters. The molecular weight excluding hydrogens is 362 g/mol. The van der Waals surface area contributed by atoms with Crippen molar-refractivity contribution in [3.8, 4) is 5.69 Å². The molecular formula is C23H27N5O. The summed E-state index contributed by atoms with van der Waals surface area (Å²) in [5.74, 6) is 0.596. The van der Waals surface area contributed by atoms with Gasteiger partial charge < -0.3 is 14.4 Å². The highest BCUT2D eigenvalue weighted by molar-refractivity contribution is 5.95. The van der Waals surface area contributed by atoms with Gasteiger partial charge in [-0.15, -0.1) is 0 Å². The minimum Gasteiger partial charge on any atom is -0.334 e. The number of benzene rings is 1. The Hall–Kier alpha value is -2.86. The maximum absolute atomic E-state index is 13.3. The summed E-state index contributed by atoms with van der Waals surface area (Å²) < 4.78 is 2.03. The lowest BCUT2D eigenvalue weighted by atomic mass is 9.89. The van der Waals surface area contributed by atoms with Gasteiger partial charge in [0.15, 0.2) is 0 Å². The van der Waals surface area contributed by atoms with Crippen LogP contribution in [-0.4, -0.2) is 57.2 Å². The minimum atomic E-state index is 0.0974. The summed E-state index contributed by atoms with van der Waals surface area (Å²) >= 11 is 0. The zero-order valence-electron chi connectivity index (χ0n) is 16.8. The quantitative estimate of drug-likeness (QED) is 0.748. The molecule has 1 fully saturated rings. The lowest BCUT2D eigenvalue weighted by Crippen LogP contribution is -2.36. The van der Waals surface area contributed by atoms with Gasteiger partial charge in [-0.05, 0) is 63.3 Å². The highest BCUT2D eigenvalue weighted by atomic mass is 16.2. The number of H-pyrrole nitrogens is 1. The Labute approximate surface area is 171 Å². The molecule has 0 radical (unpaired) electrons. The van der Waals surface area contributed by atoms with Crippen LogP contribution in [0.5, 0.6) is 0 Å². The largest absolute Gasteiger partial charge is 0.334 e. The Balaban J connectivity index is 1.36. The molecule has 0 aliphatic carbocycles. The molecule has 3 aromatic rings. The van der Waals surface area contributed by atoms with E-state index in [-0.39, 0.29) is 5.91 Å². The number of aromatic nitrogens is 3. The van der Waals surface area contributed by atoms with E-state index in [1.807, 2.05) is 58.3 Å². The number of hydrogen-bond donors (Lipinski definition) is 1. The number of hydrogen-bond acceptors (Lipinski definition) is 3. The SMILES string of the molecule is CN1CCC(c2n[nH]c3c2CN(C(=O)c2cccc(-n4cccc4)c2)CC3)CC1. The van der Waals surface area contributed by atoms with E-state index in [9.17, 15) is 4.79 Å². The van der Waals surface area contributed by atoms with Crippen molar-refractivity contribution in [2.45, 2.75) is 31.7 Å². The number of fused-ring (bicyclic) bond motifs is 1. The summed E-state index contributed by atoms with van der Waals surface area (Å²) in [4.78, 5) is 17.6. The van der Waals surface area contributed by atoms with Crippen LogP contribution in [0.25, 0.3) is 5.69 Å². The van der Waals surface area contributed by atoms with Gasteiger partial charge in [0.1, 0.15) is 0 Å². The first-order chi connectivity index (χ1) is 14.2. The van der Waals surface area contributed by atoms with Gasteiger partial charge in [-0.25, -0.2) is 0 Å². The van der Waals surface area contributed by atoms with E-state index >= 15 is 0 Å². The summed E-state index contributed by atoms with van der Waals surface area (Å²) in [6, 6.07) is 11.9. The smallest absolute Gasteiger partial charge is 0.254 e. The van der Waals surface area contributed by atoms with Crippen molar-refractivity contribution >= 4 is 5.91 Å². The molecule has 0 atom stereocenters. The molecule has 0 spiro atoms. The number of carbonyl (C=O) groups excluding carboxylic acids is 1. The first kappa shape index (κ1) is 18.2. The standard InChI is InChI=1S/C23H27N5O/c1-26-12-7-17(8-13-26)22-20-16-28(14-9-21(20)24-25-22)23(29)18-5-4-6-19(15-18)27-10-2-3-11-27/h2-6,10-11,15,17H,7-9,12-14,16H2,1H3,(H,24,25). The monoisotopic (exact) mass is 389 g/mol. The fraction of sp³-hybridized carbons (Fsp3) is 0.391. The molecule has 1 saturated heterocycles. The Kier molecular flexibility index (Phi) is 4.72. The van der Waals surface area contributed by atoms with Crippen LogP contribution in [0.3, 0.4) is 0 Å². The van der Waals surface area contributed by atoms with Crippen molar-refractivity contribution in [2.24, 2.45) is 0 Å². The molecule has 1 aromatic carbocycles. The van der Waals surface area contributed by atoms with Crippen molar-refractivity contribution in [1.29, 1.82) is 0 Å². The number of aromatic amines is 1. The van der Waals surface area contributed by atoms with Gasteiger partial charge in [-0.1, -0.05) is 6.07 Å². The van der Waals surface area contributed by atoms with Gasteiger partial charge in [0.2, 0.25) is 0 Å². The summed E-state index contributed by atoms with van der Waals surface area (Å²) in [7, 11) is 2.18. The first-order valence-electron chi connectivity index (χ1n) is 10.5. The van der Waals surface area contributed by atoms with Crippen LogP contribution in [0.2, 0.25) is 0 Å². The third-order valence-corrected chi connectivity index (χ3v) is 6.35. The molecule has 2 aromatic heterocycles. The highest BCUT2D eigenvalue weighted by Crippen LogP contribution is 2.32. The summed E-state index contributed by atoms with van der Waals surface area (Å²) in [6.45, 7) is 3.61. The number of piperidine rings is 1. The third kappa shape index (κ3) is 3.49. The normalized spacial score (nSPS) is 18.0.